The maximum atomic E-state index is 6.59. The van der Waals surface area contributed by atoms with Crippen LogP contribution in [0.3, 0.4) is 0 Å². The lowest BCUT2D eigenvalue weighted by atomic mass is 9.82. The van der Waals surface area contributed by atoms with Gasteiger partial charge in [-0.3, -0.25) is 0 Å². The Morgan fingerprint density at radius 2 is 0.597 bits per heavy atom. The SMILES string of the molecule is c1ccc(-c2ccccc2-c2nc(-c3ccc(-c4c5ccccc5c(-c5ccccc5-c5ccccc5)c5ccccc45)c4ccccc34)nc(-c3cccc4c3oc3ccccc34)n2)cc1. The summed E-state index contributed by atoms with van der Waals surface area (Å²) in [6, 6.07) is 83.6. The maximum Gasteiger partial charge on any atom is 0.167 e. The summed E-state index contributed by atoms with van der Waals surface area (Å²) in [5.74, 6) is 1.72. The second kappa shape index (κ2) is 15.9. The fraction of sp³-hybridized carbons (Fsp3) is 0. The number of nitrogens with zero attached hydrogens (tertiary/aromatic N) is 3. The summed E-state index contributed by atoms with van der Waals surface area (Å²) in [5, 5.41) is 9.03. The molecule has 0 aliphatic carbocycles. The molecule has 0 amide bonds. The van der Waals surface area contributed by atoms with Gasteiger partial charge in [-0.2, -0.15) is 0 Å². The van der Waals surface area contributed by atoms with Crippen molar-refractivity contribution in [1.82, 2.24) is 15.0 Å². The highest BCUT2D eigenvalue weighted by Crippen LogP contribution is 2.48. The average Bonchev–Trinajstić information content (AvgIpc) is 3.79. The van der Waals surface area contributed by atoms with E-state index in [1.54, 1.807) is 0 Å². The largest absolute Gasteiger partial charge is 0.455 e. The molecule has 0 aliphatic rings. The fourth-order valence-corrected chi connectivity index (χ4v) is 10.2. The highest BCUT2D eigenvalue weighted by Gasteiger charge is 2.23. The van der Waals surface area contributed by atoms with Crippen molar-refractivity contribution in [2.24, 2.45) is 0 Å². The smallest absolute Gasteiger partial charge is 0.167 e. The van der Waals surface area contributed by atoms with Gasteiger partial charge in [0.05, 0.1) is 5.56 Å². The third-order valence-electron chi connectivity index (χ3n) is 13.2. The van der Waals surface area contributed by atoms with E-state index in [9.17, 15) is 0 Å². The van der Waals surface area contributed by atoms with E-state index in [1.807, 2.05) is 24.3 Å². The van der Waals surface area contributed by atoms with Crippen LogP contribution in [-0.4, -0.2) is 15.0 Å². The molecular formula is C63H39N3O. The lowest BCUT2D eigenvalue weighted by molar-refractivity contribution is 0.669. The molecule has 312 valence electrons. The summed E-state index contributed by atoms with van der Waals surface area (Å²) >= 11 is 0. The van der Waals surface area contributed by atoms with Crippen molar-refractivity contribution in [2.45, 2.75) is 0 Å². The standard InChI is InChI=1S/C63H39N3O/c1-3-20-40(21-4-1)42-24-7-11-29-47(42)58-48-30-12-14-32-50(48)59(51-33-15-13-31-49(51)58)52-38-39-55(45-27-10-9-26-44(45)52)62-64-61(54-34-16-8-25-43(54)41-22-5-2-6-23-41)65-63(66-62)56-36-19-35-53-46-28-17-18-37-57(46)67-60(53)56/h1-39H. The van der Waals surface area contributed by atoms with Crippen LogP contribution in [0.15, 0.2) is 241 Å². The molecule has 0 spiro atoms. The van der Waals surface area contributed by atoms with Crippen molar-refractivity contribution >= 4 is 54.3 Å². The Labute approximate surface area is 387 Å². The second-order valence-corrected chi connectivity index (χ2v) is 17.0. The number of hydrogen-bond acceptors (Lipinski definition) is 4. The number of rotatable bonds is 7. The molecule has 0 fully saturated rings. The summed E-state index contributed by atoms with van der Waals surface area (Å²) in [5.41, 5.74) is 13.5. The van der Waals surface area contributed by atoms with Gasteiger partial charge in [0.2, 0.25) is 0 Å². The van der Waals surface area contributed by atoms with Crippen LogP contribution >= 0.6 is 0 Å². The summed E-state index contributed by atoms with van der Waals surface area (Å²) in [6.45, 7) is 0. The van der Waals surface area contributed by atoms with Crippen LogP contribution in [0.1, 0.15) is 0 Å². The Morgan fingerprint density at radius 3 is 1.19 bits per heavy atom. The van der Waals surface area contributed by atoms with E-state index in [1.165, 1.54) is 49.4 Å². The number of benzene rings is 11. The predicted molar refractivity (Wildman–Crippen MR) is 278 cm³/mol. The van der Waals surface area contributed by atoms with E-state index >= 15 is 0 Å². The number of furan rings is 1. The Bertz CT molecular complexity index is 3990. The van der Waals surface area contributed by atoms with Gasteiger partial charge >= 0.3 is 0 Å². The first kappa shape index (κ1) is 38.5. The first-order valence-electron chi connectivity index (χ1n) is 22.7. The molecule has 4 heteroatoms. The molecule has 0 radical (unpaired) electrons. The van der Waals surface area contributed by atoms with E-state index in [2.05, 4.69) is 212 Å². The molecule has 2 heterocycles. The van der Waals surface area contributed by atoms with Gasteiger partial charge in [-0.05, 0) is 95.0 Å². The molecule has 4 nitrogen and oxygen atoms in total. The zero-order chi connectivity index (χ0) is 44.3. The lowest BCUT2D eigenvalue weighted by Crippen LogP contribution is -2.02. The first-order chi connectivity index (χ1) is 33.3. The number of fused-ring (bicyclic) bond motifs is 6. The van der Waals surface area contributed by atoms with Crippen molar-refractivity contribution in [3.8, 4) is 78.7 Å². The quantitative estimate of drug-likeness (QED) is 0.150. The summed E-state index contributed by atoms with van der Waals surface area (Å²) < 4.78 is 6.59. The predicted octanol–water partition coefficient (Wildman–Crippen LogP) is 16.9. The zero-order valence-corrected chi connectivity index (χ0v) is 36.3. The van der Waals surface area contributed by atoms with Gasteiger partial charge in [0, 0.05) is 21.9 Å². The van der Waals surface area contributed by atoms with Crippen LogP contribution in [0, 0.1) is 0 Å². The van der Waals surface area contributed by atoms with Gasteiger partial charge < -0.3 is 4.42 Å². The molecule has 0 aliphatic heterocycles. The van der Waals surface area contributed by atoms with Crippen LogP contribution in [0.5, 0.6) is 0 Å². The molecule has 0 N–H and O–H groups in total. The van der Waals surface area contributed by atoms with E-state index in [4.69, 9.17) is 19.4 Å². The Morgan fingerprint density at radius 1 is 0.224 bits per heavy atom. The average molecular weight is 854 g/mol. The minimum absolute atomic E-state index is 0.545. The fourth-order valence-electron chi connectivity index (χ4n) is 10.2. The van der Waals surface area contributed by atoms with Gasteiger partial charge in [0.25, 0.3) is 0 Å². The minimum Gasteiger partial charge on any atom is -0.455 e. The van der Waals surface area contributed by atoms with Crippen molar-refractivity contribution in [2.75, 3.05) is 0 Å². The molecule has 67 heavy (non-hydrogen) atoms. The van der Waals surface area contributed by atoms with Crippen LogP contribution in [0.25, 0.3) is 133 Å². The molecule has 11 aromatic carbocycles. The monoisotopic (exact) mass is 853 g/mol. The van der Waals surface area contributed by atoms with Crippen LogP contribution < -0.4 is 0 Å². The van der Waals surface area contributed by atoms with Gasteiger partial charge in [-0.15, -0.1) is 0 Å². The molecule has 0 bridgehead atoms. The molecule has 2 aromatic heterocycles. The van der Waals surface area contributed by atoms with Gasteiger partial charge in [-0.25, -0.2) is 15.0 Å². The van der Waals surface area contributed by atoms with Crippen LogP contribution in [-0.2, 0) is 0 Å². The van der Waals surface area contributed by atoms with Crippen LogP contribution in [0.4, 0.5) is 0 Å². The molecular weight excluding hydrogens is 815 g/mol. The van der Waals surface area contributed by atoms with Crippen molar-refractivity contribution in [3.05, 3.63) is 237 Å². The number of aromatic nitrogens is 3. The normalized spacial score (nSPS) is 11.6. The van der Waals surface area contributed by atoms with Crippen molar-refractivity contribution in [1.29, 1.82) is 0 Å². The second-order valence-electron chi connectivity index (χ2n) is 17.0. The Hall–Kier alpha value is -8.99. The zero-order valence-electron chi connectivity index (χ0n) is 36.3. The van der Waals surface area contributed by atoms with E-state index < -0.39 is 0 Å². The summed E-state index contributed by atoms with van der Waals surface area (Å²) in [7, 11) is 0. The van der Waals surface area contributed by atoms with E-state index in [0.717, 1.165) is 66.1 Å². The summed E-state index contributed by atoms with van der Waals surface area (Å²) in [4.78, 5) is 16.1. The topological polar surface area (TPSA) is 51.8 Å². The number of hydrogen-bond donors (Lipinski definition) is 0. The highest BCUT2D eigenvalue weighted by atomic mass is 16.3. The van der Waals surface area contributed by atoms with Gasteiger partial charge in [0.1, 0.15) is 11.2 Å². The molecule has 0 saturated carbocycles. The third kappa shape index (κ3) is 6.41. The van der Waals surface area contributed by atoms with Crippen molar-refractivity contribution in [3.63, 3.8) is 0 Å². The van der Waals surface area contributed by atoms with E-state index in [-0.39, 0.29) is 0 Å². The van der Waals surface area contributed by atoms with Gasteiger partial charge in [0.15, 0.2) is 17.5 Å². The molecule has 0 unspecified atom stereocenters. The third-order valence-corrected chi connectivity index (χ3v) is 13.2. The lowest BCUT2D eigenvalue weighted by Gasteiger charge is -2.21. The maximum absolute atomic E-state index is 6.59. The molecule has 0 saturated heterocycles. The van der Waals surface area contributed by atoms with Crippen LogP contribution in [0.2, 0.25) is 0 Å². The molecule has 13 rings (SSSR count). The Balaban J connectivity index is 1.06. The molecule has 13 aromatic rings. The van der Waals surface area contributed by atoms with Crippen molar-refractivity contribution < 1.29 is 4.42 Å². The van der Waals surface area contributed by atoms with Gasteiger partial charge in [-0.1, -0.05) is 218 Å². The minimum atomic E-state index is 0.545. The number of para-hydroxylation sites is 2. The molecule has 0 atom stereocenters. The van der Waals surface area contributed by atoms with E-state index in [0.29, 0.717) is 17.5 Å². The summed E-state index contributed by atoms with van der Waals surface area (Å²) in [6.07, 6.45) is 0. The first-order valence-corrected chi connectivity index (χ1v) is 22.7. The Kier molecular flexibility index (Phi) is 9.14. The highest BCUT2D eigenvalue weighted by molar-refractivity contribution is 6.25.